The van der Waals surface area contributed by atoms with Crippen LogP contribution in [-0.4, -0.2) is 15.2 Å². The van der Waals surface area contributed by atoms with Crippen LogP contribution in [0.3, 0.4) is 0 Å². The second-order valence-electron chi connectivity index (χ2n) is 5.03. The van der Waals surface area contributed by atoms with Crippen molar-refractivity contribution < 1.29 is 0 Å². The van der Waals surface area contributed by atoms with E-state index >= 15 is 0 Å². The third-order valence-electron chi connectivity index (χ3n) is 3.95. The van der Waals surface area contributed by atoms with Gasteiger partial charge in [0.2, 0.25) is 0 Å². The van der Waals surface area contributed by atoms with E-state index in [-0.39, 0.29) is 5.38 Å². The molecule has 0 saturated heterocycles. The van der Waals surface area contributed by atoms with Crippen LogP contribution in [0.25, 0.3) is 0 Å². The highest BCUT2D eigenvalue weighted by molar-refractivity contribution is 9.10. The van der Waals surface area contributed by atoms with Crippen LogP contribution in [-0.2, 0) is 19.4 Å². The van der Waals surface area contributed by atoms with Gasteiger partial charge in [-0.25, -0.2) is 0 Å². The largest absolute Gasteiger partial charge is 0.268 e. The van der Waals surface area contributed by atoms with E-state index in [1.165, 1.54) is 28.7 Å². The minimum Gasteiger partial charge on any atom is -0.268 e. The third kappa shape index (κ3) is 2.41. The zero-order valence-electron chi connectivity index (χ0n) is 10.8. The molecule has 0 aromatic carbocycles. The molecule has 0 aliphatic heterocycles. The highest BCUT2D eigenvalue weighted by atomic mass is 79.9. The first-order chi connectivity index (χ1) is 8.04. The van der Waals surface area contributed by atoms with Gasteiger partial charge in [-0.1, -0.05) is 6.92 Å². The zero-order chi connectivity index (χ0) is 12.6. The van der Waals surface area contributed by atoms with E-state index in [9.17, 15) is 0 Å². The summed E-state index contributed by atoms with van der Waals surface area (Å²) in [6.45, 7) is 7.34. The monoisotopic (exact) mass is 318 g/mol. The Morgan fingerprint density at radius 1 is 1.47 bits per heavy atom. The molecule has 0 spiro atoms. The molecule has 1 heterocycles. The van der Waals surface area contributed by atoms with Gasteiger partial charge in [0.05, 0.1) is 15.9 Å². The molecule has 4 heteroatoms. The Kier molecular flexibility index (Phi) is 3.89. The number of aryl methyl sites for hydroxylation is 2. The summed E-state index contributed by atoms with van der Waals surface area (Å²) in [7, 11) is 0. The molecule has 1 saturated carbocycles. The van der Waals surface area contributed by atoms with Crippen LogP contribution in [0.15, 0.2) is 4.47 Å². The molecule has 0 radical (unpaired) electrons. The lowest BCUT2D eigenvalue weighted by atomic mass is 9.96. The maximum Gasteiger partial charge on any atom is 0.0766 e. The summed E-state index contributed by atoms with van der Waals surface area (Å²) in [6, 6.07) is 0. The number of aromatic nitrogens is 2. The second-order valence-corrected chi connectivity index (χ2v) is 6.48. The van der Waals surface area contributed by atoms with Crippen molar-refractivity contribution in [2.24, 2.45) is 5.41 Å². The molecule has 1 unspecified atom stereocenters. The van der Waals surface area contributed by atoms with Crippen LogP contribution in [0.1, 0.15) is 45.0 Å². The van der Waals surface area contributed by atoms with E-state index in [4.69, 9.17) is 11.6 Å². The summed E-state index contributed by atoms with van der Waals surface area (Å²) >= 11 is 10.0. The van der Waals surface area contributed by atoms with Crippen molar-refractivity contribution in [3.63, 3.8) is 0 Å². The van der Waals surface area contributed by atoms with Crippen molar-refractivity contribution in [1.82, 2.24) is 9.78 Å². The fraction of sp³-hybridized carbons (Fsp3) is 0.769. The third-order valence-corrected chi connectivity index (χ3v) is 5.33. The number of alkyl halides is 1. The molecule has 0 amide bonds. The lowest BCUT2D eigenvalue weighted by molar-refractivity contribution is 0.467. The molecule has 0 N–H and O–H groups in total. The van der Waals surface area contributed by atoms with Crippen LogP contribution in [0.2, 0.25) is 0 Å². The predicted molar refractivity (Wildman–Crippen MR) is 75.7 cm³/mol. The molecule has 1 fully saturated rings. The van der Waals surface area contributed by atoms with E-state index in [0.29, 0.717) is 5.41 Å². The maximum atomic E-state index is 6.33. The molecule has 1 aliphatic rings. The summed E-state index contributed by atoms with van der Waals surface area (Å²) in [4.78, 5) is 0. The molecular formula is C13H20BrClN2. The Hall–Kier alpha value is -0.0200. The molecule has 1 aromatic rings. The van der Waals surface area contributed by atoms with Crippen molar-refractivity contribution in [2.75, 3.05) is 0 Å². The van der Waals surface area contributed by atoms with Gasteiger partial charge in [0, 0.05) is 11.9 Å². The minimum absolute atomic E-state index is 0.250. The molecule has 2 rings (SSSR count). The van der Waals surface area contributed by atoms with Gasteiger partial charge in [0.1, 0.15) is 0 Å². The summed E-state index contributed by atoms with van der Waals surface area (Å²) in [5.74, 6) is 0. The summed E-state index contributed by atoms with van der Waals surface area (Å²) in [5, 5.41) is 4.89. The van der Waals surface area contributed by atoms with Crippen molar-refractivity contribution in [1.29, 1.82) is 0 Å². The van der Waals surface area contributed by atoms with Gasteiger partial charge in [-0.3, -0.25) is 4.68 Å². The van der Waals surface area contributed by atoms with Crippen molar-refractivity contribution in [2.45, 2.75) is 58.4 Å². The Bertz CT molecular complexity index is 408. The SMILES string of the molecule is CCc1nn(CC)c(CC2(C(C)Cl)CC2)c1Br. The van der Waals surface area contributed by atoms with Crippen LogP contribution < -0.4 is 0 Å². The first kappa shape index (κ1) is 13.4. The van der Waals surface area contributed by atoms with Crippen molar-refractivity contribution >= 4 is 27.5 Å². The highest BCUT2D eigenvalue weighted by Crippen LogP contribution is 2.53. The lowest BCUT2D eigenvalue weighted by Crippen LogP contribution is -2.18. The van der Waals surface area contributed by atoms with E-state index in [0.717, 1.165) is 19.4 Å². The molecule has 96 valence electrons. The number of nitrogens with zero attached hydrogens (tertiary/aromatic N) is 2. The van der Waals surface area contributed by atoms with Gasteiger partial charge in [0.25, 0.3) is 0 Å². The summed E-state index contributed by atoms with van der Waals surface area (Å²) in [6.07, 6.45) is 4.53. The highest BCUT2D eigenvalue weighted by Gasteiger charge is 2.47. The van der Waals surface area contributed by atoms with Gasteiger partial charge in [0.15, 0.2) is 0 Å². The number of halogens is 2. The molecule has 1 aromatic heterocycles. The Labute approximate surface area is 117 Å². The van der Waals surface area contributed by atoms with Crippen molar-refractivity contribution in [3.8, 4) is 0 Å². The molecule has 1 aliphatic carbocycles. The Morgan fingerprint density at radius 2 is 2.12 bits per heavy atom. The van der Waals surface area contributed by atoms with E-state index in [2.05, 4.69) is 46.5 Å². The standard InChI is InChI=1S/C13H20BrClN2/c1-4-10-12(14)11(17(5-2)16-10)8-13(6-7-13)9(3)15/h9H,4-8H2,1-3H3. The zero-order valence-corrected chi connectivity index (χ0v) is 13.1. The summed E-state index contributed by atoms with van der Waals surface area (Å²) < 4.78 is 3.33. The van der Waals surface area contributed by atoms with Crippen LogP contribution in [0, 0.1) is 5.41 Å². The van der Waals surface area contributed by atoms with Crippen LogP contribution in [0.5, 0.6) is 0 Å². The first-order valence-corrected chi connectivity index (χ1v) is 7.65. The van der Waals surface area contributed by atoms with Gasteiger partial charge in [-0.05, 0) is 60.9 Å². The number of rotatable bonds is 5. The van der Waals surface area contributed by atoms with E-state index < -0.39 is 0 Å². The van der Waals surface area contributed by atoms with E-state index in [1.807, 2.05) is 0 Å². The second kappa shape index (κ2) is 4.93. The molecule has 0 bridgehead atoms. The fourth-order valence-corrected chi connectivity index (χ4v) is 3.40. The van der Waals surface area contributed by atoms with Gasteiger partial charge in [-0.15, -0.1) is 11.6 Å². The first-order valence-electron chi connectivity index (χ1n) is 6.42. The van der Waals surface area contributed by atoms with Gasteiger partial charge < -0.3 is 0 Å². The predicted octanol–water partition coefficient (Wildman–Crippen LogP) is 4.18. The number of hydrogen-bond donors (Lipinski definition) is 0. The summed E-state index contributed by atoms with van der Waals surface area (Å²) in [5.41, 5.74) is 2.82. The molecule has 1 atom stereocenters. The Morgan fingerprint density at radius 3 is 2.53 bits per heavy atom. The van der Waals surface area contributed by atoms with Gasteiger partial charge in [-0.2, -0.15) is 5.10 Å². The van der Waals surface area contributed by atoms with Gasteiger partial charge >= 0.3 is 0 Å². The smallest absolute Gasteiger partial charge is 0.0766 e. The average molecular weight is 320 g/mol. The quantitative estimate of drug-likeness (QED) is 0.745. The minimum atomic E-state index is 0.250. The topological polar surface area (TPSA) is 17.8 Å². The van der Waals surface area contributed by atoms with Crippen LogP contribution >= 0.6 is 27.5 Å². The average Bonchev–Trinajstić information content (AvgIpc) is 3.02. The van der Waals surface area contributed by atoms with Crippen molar-refractivity contribution in [3.05, 3.63) is 15.9 Å². The normalized spacial score (nSPS) is 19.4. The lowest BCUT2D eigenvalue weighted by Gasteiger charge is -2.18. The molecule has 2 nitrogen and oxygen atoms in total. The fourth-order valence-electron chi connectivity index (χ4n) is 2.40. The Balaban J connectivity index is 2.29. The van der Waals surface area contributed by atoms with E-state index in [1.54, 1.807) is 0 Å². The molecular weight excluding hydrogens is 300 g/mol. The van der Waals surface area contributed by atoms with Crippen LogP contribution in [0.4, 0.5) is 0 Å². The maximum absolute atomic E-state index is 6.33. The number of hydrogen-bond acceptors (Lipinski definition) is 1. The molecule has 17 heavy (non-hydrogen) atoms.